The summed E-state index contributed by atoms with van der Waals surface area (Å²) in [6.07, 6.45) is 3.13. The van der Waals surface area contributed by atoms with Gasteiger partial charge in [0.2, 0.25) is 0 Å². The number of carbonyl (C=O) groups excluding carboxylic acids is 1. The monoisotopic (exact) mass is 433 g/mol. The maximum atomic E-state index is 13.2. The zero-order valence-electron chi connectivity index (χ0n) is 18.5. The second-order valence-electron chi connectivity index (χ2n) is 8.27. The lowest BCUT2D eigenvalue weighted by atomic mass is 9.85. The number of carbonyl (C=O) groups is 1. The van der Waals surface area contributed by atoms with E-state index in [0.717, 1.165) is 41.8 Å². The summed E-state index contributed by atoms with van der Waals surface area (Å²) < 4.78 is 24.5. The lowest BCUT2D eigenvalue weighted by molar-refractivity contribution is 0.0519. The highest BCUT2D eigenvalue weighted by Gasteiger charge is 2.33. The summed E-state index contributed by atoms with van der Waals surface area (Å²) in [6.45, 7) is 4.58. The fraction of sp³-hybridized carbons (Fsp3) is 0.333. The predicted molar refractivity (Wildman–Crippen MR) is 121 cm³/mol. The van der Waals surface area contributed by atoms with Crippen LogP contribution in [0.1, 0.15) is 70.9 Å². The van der Waals surface area contributed by atoms with E-state index >= 15 is 0 Å². The van der Waals surface area contributed by atoms with Crippen LogP contribution in [0, 0.1) is 12.7 Å². The smallest absolute Gasteiger partial charge is 0.356 e. The van der Waals surface area contributed by atoms with Crippen molar-refractivity contribution in [1.82, 2.24) is 4.98 Å². The van der Waals surface area contributed by atoms with E-state index in [4.69, 9.17) is 9.47 Å². The number of ether oxygens (including phenoxy) is 2. The minimum Gasteiger partial charge on any atom is -0.489 e. The molecule has 1 fully saturated rings. The van der Waals surface area contributed by atoms with Gasteiger partial charge in [-0.15, -0.1) is 0 Å². The van der Waals surface area contributed by atoms with Gasteiger partial charge in [-0.2, -0.15) is 0 Å². The number of nitrogens with zero attached hydrogens (tertiary/aromatic N) is 1. The van der Waals surface area contributed by atoms with Gasteiger partial charge in [0.25, 0.3) is 0 Å². The molecule has 3 aromatic rings. The molecule has 1 heterocycles. The number of esters is 1. The molecule has 2 unspecified atom stereocenters. The van der Waals surface area contributed by atoms with E-state index in [-0.39, 0.29) is 23.6 Å². The molecule has 0 N–H and O–H groups in total. The number of benzene rings is 2. The first-order valence-corrected chi connectivity index (χ1v) is 11.2. The van der Waals surface area contributed by atoms with Gasteiger partial charge in [0, 0.05) is 11.6 Å². The second kappa shape index (κ2) is 9.94. The molecule has 0 radical (unpaired) electrons. The van der Waals surface area contributed by atoms with Crippen molar-refractivity contribution < 1.29 is 18.7 Å². The summed E-state index contributed by atoms with van der Waals surface area (Å²) in [5.41, 5.74) is 4.53. The Morgan fingerprint density at radius 1 is 1.06 bits per heavy atom. The first-order valence-electron chi connectivity index (χ1n) is 11.2. The van der Waals surface area contributed by atoms with Crippen LogP contribution in [0.5, 0.6) is 5.75 Å². The molecule has 166 valence electrons. The molecule has 4 nitrogen and oxygen atoms in total. The minimum absolute atomic E-state index is 0.208. The first kappa shape index (κ1) is 22.0. The van der Waals surface area contributed by atoms with Gasteiger partial charge in [-0.05, 0) is 74.1 Å². The summed E-state index contributed by atoms with van der Waals surface area (Å²) in [5.74, 6) is 0.666. The Morgan fingerprint density at radius 2 is 1.84 bits per heavy atom. The van der Waals surface area contributed by atoms with Crippen LogP contribution in [-0.4, -0.2) is 17.6 Å². The van der Waals surface area contributed by atoms with Crippen molar-refractivity contribution in [1.29, 1.82) is 0 Å². The van der Waals surface area contributed by atoms with Crippen molar-refractivity contribution in [3.05, 3.63) is 94.6 Å². The number of hydrogen-bond donors (Lipinski definition) is 0. The van der Waals surface area contributed by atoms with E-state index in [1.54, 1.807) is 25.1 Å². The first-order chi connectivity index (χ1) is 15.5. The van der Waals surface area contributed by atoms with Crippen LogP contribution >= 0.6 is 0 Å². The van der Waals surface area contributed by atoms with E-state index in [9.17, 15) is 9.18 Å². The number of pyridine rings is 1. The summed E-state index contributed by atoms with van der Waals surface area (Å²) in [4.78, 5) is 16.8. The fourth-order valence-electron chi connectivity index (χ4n) is 4.49. The maximum Gasteiger partial charge on any atom is 0.356 e. The summed E-state index contributed by atoms with van der Waals surface area (Å²) in [6, 6.07) is 18.2. The van der Waals surface area contributed by atoms with Gasteiger partial charge < -0.3 is 9.47 Å². The molecule has 0 aliphatic heterocycles. The topological polar surface area (TPSA) is 48.4 Å². The summed E-state index contributed by atoms with van der Waals surface area (Å²) >= 11 is 0. The highest BCUT2D eigenvalue weighted by molar-refractivity contribution is 5.87. The van der Waals surface area contributed by atoms with Crippen LogP contribution in [0.15, 0.2) is 60.7 Å². The number of hydrogen-bond acceptors (Lipinski definition) is 4. The quantitative estimate of drug-likeness (QED) is 0.408. The molecule has 1 saturated carbocycles. The Kier molecular flexibility index (Phi) is 6.84. The summed E-state index contributed by atoms with van der Waals surface area (Å²) in [5, 5.41) is 0. The molecule has 2 atom stereocenters. The molecule has 5 heteroatoms. The zero-order valence-corrected chi connectivity index (χ0v) is 18.5. The Morgan fingerprint density at radius 3 is 2.62 bits per heavy atom. The van der Waals surface area contributed by atoms with Crippen LogP contribution in [0.2, 0.25) is 0 Å². The van der Waals surface area contributed by atoms with Crippen molar-refractivity contribution in [2.75, 3.05) is 6.61 Å². The van der Waals surface area contributed by atoms with Gasteiger partial charge in [-0.3, -0.25) is 0 Å². The molecule has 0 amide bonds. The third-order valence-electron chi connectivity index (χ3n) is 6.02. The van der Waals surface area contributed by atoms with Gasteiger partial charge >= 0.3 is 5.97 Å². The molecular formula is C27H28FNO3. The lowest BCUT2D eigenvalue weighted by Gasteiger charge is -2.23. The number of rotatable bonds is 7. The molecular weight excluding hydrogens is 405 g/mol. The highest BCUT2D eigenvalue weighted by atomic mass is 19.1. The third-order valence-corrected chi connectivity index (χ3v) is 6.02. The van der Waals surface area contributed by atoms with Crippen LogP contribution in [0.3, 0.4) is 0 Å². The van der Waals surface area contributed by atoms with Crippen molar-refractivity contribution in [3.8, 4) is 5.75 Å². The second-order valence-corrected chi connectivity index (χ2v) is 8.27. The summed E-state index contributed by atoms with van der Waals surface area (Å²) in [7, 11) is 0. The van der Waals surface area contributed by atoms with Gasteiger partial charge in [-0.25, -0.2) is 14.2 Å². The van der Waals surface area contributed by atoms with E-state index in [0.29, 0.717) is 18.9 Å². The zero-order chi connectivity index (χ0) is 22.5. The molecule has 4 rings (SSSR count). The van der Waals surface area contributed by atoms with Crippen LogP contribution in [0.25, 0.3) is 0 Å². The van der Waals surface area contributed by atoms with Gasteiger partial charge in [-0.1, -0.05) is 42.3 Å². The average Bonchev–Trinajstić information content (AvgIpc) is 3.29. The third kappa shape index (κ3) is 4.98. The number of aromatic nitrogens is 1. The molecule has 2 aromatic carbocycles. The Hall–Kier alpha value is -3.21. The van der Waals surface area contributed by atoms with Crippen molar-refractivity contribution >= 4 is 5.97 Å². The molecule has 32 heavy (non-hydrogen) atoms. The van der Waals surface area contributed by atoms with E-state index in [1.165, 1.54) is 17.7 Å². The van der Waals surface area contributed by atoms with E-state index in [1.807, 2.05) is 24.3 Å². The van der Waals surface area contributed by atoms with Crippen molar-refractivity contribution in [2.24, 2.45) is 0 Å². The average molecular weight is 434 g/mol. The van der Waals surface area contributed by atoms with E-state index < -0.39 is 0 Å². The Balaban J connectivity index is 1.59. The van der Waals surface area contributed by atoms with E-state index in [2.05, 4.69) is 18.0 Å². The molecule has 1 aliphatic carbocycles. The highest BCUT2D eigenvalue weighted by Crippen LogP contribution is 2.48. The molecule has 0 spiro atoms. The minimum atomic E-state index is -0.386. The lowest BCUT2D eigenvalue weighted by Crippen LogP contribution is -2.12. The molecule has 0 saturated heterocycles. The van der Waals surface area contributed by atoms with Crippen LogP contribution in [-0.2, 0) is 11.3 Å². The van der Waals surface area contributed by atoms with Gasteiger partial charge in [0.1, 0.15) is 23.9 Å². The van der Waals surface area contributed by atoms with Gasteiger partial charge in [0.05, 0.1) is 6.61 Å². The standard InChI is InChI=1S/C27H28FNO3/c1-3-31-27(30)25-9-5-8-24(29-25)22-7-4-6-21(22)23-16-18(2)10-15-26(23)32-17-19-11-13-20(28)14-12-19/h5,8-16,21-22H,3-4,6-7,17H2,1-2H3. The predicted octanol–water partition coefficient (Wildman–Crippen LogP) is 6.34. The largest absolute Gasteiger partial charge is 0.489 e. The molecule has 1 aliphatic rings. The van der Waals surface area contributed by atoms with Gasteiger partial charge in [0.15, 0.2) is 0 Å². The molecule has 1 aromatic heterocycles. The number of aryl methyl sites for hydroxylation is 1. The SMILES string of the molecule is CCOC(=O)c1cccc(C2CCCC2c2cc(C)ccc2OCc2ccc(F)cc2)n1. The Labute approximate surface area is 188 Å². The van der Waals surface area contributed by atoms with Crippen molar-refractivity contribution in [2.45, 2.75) is 51.6 Å². The fourth-order valence-corrected chi connectivity index (χ4v) is 4.49. The number of halogens is 1. The van der Waals surface area contributed by atoms with Crippen LogP contribution in [0.4, 0.5) is 4.39 Å². The van der Waals surface area contributed by atoms with Crippen LogP contribution < -0.4 is 4.74 Å². The van der Waals surface area contributed by atoms with Crippen molar-refractivity contribution in [3.63, 3.8) is 0 Å². The maximum absolute atomic E-state index is 13.2. The molecule has 0 bridgehead atoms. The normalized spacial score (nSPS) is 17.8. The Bertz CT molecular complexity index is 1080.